The maximum absolute atomic E-state index is 13.1. The van der Waals surface area contributed by atoms with Crippen molar-refractivity contribution in [2.24, 2.45) is 0 Å². The first kappa shape index (κ1) is 24.1. The Morgan fingerprint density at radius 1 is 1.06 bits per heavy atom. The number of hydrogen-bond donors (Lipinski definition) is 3. The average molecular weight is 469 g/mol. The topological polar surface area (TPSA) is 131 Å². The van der Waals surface area contributed by atoms with Crippen LogP contribution in [0.25, 0.3) is 0 Å². The summed E-state index contributed by atoms with van der Waals surface area (Å²) in [7, 11) is 0. The summed E-state index contributed by atoms with van der Waals surface area (Å²) in [5, 5.41) is 21.4. The molecule has 12 heteroatoms. The maximum Gasteiger partial charge on any atom is 0.416 e. The van der Waals surface area contributed by atoms with Crippen LogP contribution in [0.3, 0.4) is 0 Å². The summed E-state index contributed by atoms with van der Waals surface area (Å²) in [6, 6.07) is 3.35. The summed E-state index contributed by atoms with van der Waals surface area (Å²) in [5.41, 5.74) is -3.43. The van der Waals surface area contributed by atoms with Gasteiger partial charge in [-0.25, -0.2) is 4.79 Å². The minimum atomic E-state index is -4.55. The Labute approximate surface area is 185 Å². The molecular formula is C21H22F3N3O6. The molecule has 1 aromatic heterocycles. The number of carbonyl (C=O) groups is 2. The fraction of sp³-hybridized carbons (Fsp3) is 0.429. The van der Waals surface area contributed by atoms with Crippen molar-refractivity contribution >= 4 is 11.9 Å². The zero-order chi connectivity index (χ0) is 24.3. The Bertz CT molecular complexity index is 1160. The van der Waals surface area contributed by atoms with Gasteiger partial charge >= 0.3 is 17.8 Å². The number of benzene rings is 1. The summed E-state index contributed by atoms with van der Waals surface area (Å²) in [6.07, 6.45) is -1.16. The van der Waals surface area contributed by atoms with Crippen LogP contribution >= 0.6 is 0 Å². The van der Waals surface area contributed by atoms with Crippen LogP contribution in [0, 0.1) is 0 Å². The molecule has 1 heterocycles. The number of hydrogen-bond acceptors (Lipinski definition) is 5. The molecule has 1 fully saturated rings. The molecule has 178 valence electrons. The molecule has 0 unspecified atom stereocenters. The van der Waals surface area contributed by atoms with E-state index < -0.39 is 65.4 Å². The first-order valence-corrected chi connectivity index (χ1v) is 10.2. The lowest BCUT2D eigenvalue weighted by atomic mass is 9.95. The standard InChI is InChI=1S/C21H22F3N3O6/c22-21(23,24)13-8-6-12(7-9-13)11-26-18(31)16(17(30)25-10-15(28)29)19(32)27(20(26)33)14-4-2-1-3-5-14/h6-9,14,31H,1-5,10-11H2,(H,25,30)(H,28,29). The molecule has 0 atom stereocenters. The highest BCUT2D eigenvalue weighted by Crippen LogP contribution is 2.30. The number of nitrogens with one attached hydrogen (secondary N) is 1. The summed E-state index contributed by atoms with van der Waals surface area (Å²) in [4.78, 5) is 49.4. The molecule has 1 amide bonds. The number of aliphatic carboxylic acids is 1. The van der Waals surface area contributed by atoms with Crippen molar-refractivity contribution in [3.63, 3.8) is 0 Å². The first-order valence-electron chi connectivity index (χ1n) is 10.2. The molecule has 3 N–H and O–H groups in total. The molecule has 1 saturated carbocycles. The summed E-state index contributed by atoms with van der Waals surface area (Å²) in [6.45, 7) is -1.23. The third-order valence-electron chi connectivity index (χ3n) is 5.54. The van der Waals surface area contributed by atoms with Gasteiger partial charge in [0.1, 0.15) is 6.54 Å². The van der Waals surface area contributed by atoms with Gasteiger partial charge in [0, 0.05) is 6.04 Å². The van der Waals surface area contributed by atoms with Gasteiger partial charge in [-0.05, 0) is 30.5 Å². The lowest BCUT2D eigenvalue weighted by Crippen LogP contribution is -2.47. The van der Waals surface area contributed by atoms with E-state index in [1.165, 1.54) is 0 Å². The first-order chi connectivity index (χ1) is 15.5. The molecule has 0 saturated heterocycles. The van der Waals surface area contributed by atoms with Crippen LogP contribution in [0.1, 0.15) is 59.6 Å². The molecule has 9 nitrogen and oxygen atoms in total. The molecule has 1 aromatic carbocycles. The van der Waals surface area contributed by atoms with Crippen molar-refractivity contribution in [3.8, 4) is 5.88 Å². The fourth-order valence-electron chi connectivity index (χ4n) is 3.89. The van der Waals surface area contributed by atoms with Crippen molar-refractivity contribution in [2.45, 2.75) is 50.9 Å². The highest BCUT2D eigenvalue weighted by atomic mass is 19.4. The van der Waals surface area contributed by atoms with Gasteiger partial charge in [0.15, 0.2) is 5.56 Å². The molecule has 0 aliphatic heterocycles. The van der Waals surface area contributed by atoms with Gasteiger partial charge in [-0.3, -0.25) is 23.5 Å². The van der Waals surface area contributed by atoms with E-state index in [-0.39, 0.29) is 5.56 Å². The predicted octanol–water partition coefficient (Wildman–Crippen LogP) is 2.10. The van der Waals surface area contributed by atoms with Crippen molar-refractivity contribution in [1.29, 1.82) is 0 Å². The zero-order valence-electron chi connectivity index (χ0n) is 17.4. The molecule has 0 radical (unpaired) electrons. The number of rotatable bonds is 6. The van der Waals surface area contributed by atoms with Gasteiger partial charge in [0.2, 0.25) is 5.88 Å². The maximum atomic E-state index is 13.1. The van der Waals surface area contributed by atoms with E-state index >= 15 is 0 Å². The second-order valence-electron chi connectivity index (χ2n) is 7.81. The number of halogens is 3. The Kier molecular flexibility index (Phi) is 6.94. The second kappa shape index (κ2) is 9.51. The second-order valence-corrected chi connectivity index (χ2v) is 7.81. The van der Waals surface area contributed by atoms with Gasteiger partial charge in [-0.15, -0.1) is 0 Å². The van der Waals surface area contributed by atoms with Crippen LogP contribution in [-0.4, -0.2) is 37.8 Å². The summed E-state index contributed by atoms with van der Waals surface area (Å²) < 4.78 is 40.1. The van der Waals surface area contributed by atoms with Crippen LogP contribution in [0.15, 0.2) is 33.9 Å². The quantitative estimate of drug-likeness (QED) is 0.594. The van der Waals surface area contributed by atoms with Crippen LogP contribution in [-0.2, 0) is 17.5 Å². The number of aromatic nitrogens is 2. The highest BCUT2D eigenvalue weighted by Gasteiger charge is 2.31. The number of carboxylic acids is 1. The van der Waals surface area contributed by atoms with E-state index in [0.717, 1.165) is 52.7 Å². The van der Waals surface area contributed by atoms with Crippen LogP contribution < -0.4 is 16.6 Å². The Morgan fingerprint density at radius 3 is 2.21 bits per heavy atom. The van der Waals surface area contributed by atoms with Crippen LogP contribution in [0.5, 0.6) is 5.88 Å². The van der Waals surface area contributed by atoms with Gasteiger partial charge in [0.25, 0.3) is 11.5 Å². The SMILES string of the molecule is O=C(O)CNC(=O)c1c(O)n(Cc2ccc(C(F)(F)F)cc2)c(=O)n(C2CCCCC2)c1=O. The van der Waals surface area contributed by atoms with Crippen LogP contribution in [0.4, 0.5) is 13.2 Å². The lowest BCUT2D eigenvalue weighted by molar-refractivity contribution is -0.138. The molecule has 3 rings (SSSR count). The third kappa shape index (κ3) is 5.26. The normalized spacial score (nSPS) is 14.8. The molecule has 1 aliphatic carbocycles. The summed E-state index contributed by atoms with van der Waals surface area (Å²) in [5.74, 6) is -3.54. The highest BCUT2D eigenvalue weighted by molar-refractivity contribution is 5.97. The Balaban J connectivity index is 2.10. The van der Waals surface area contributed by atoms with Crippen molar-refractivity contribution in [3.05, 3.63) is 61.8 Å². The number of carboxylic acid groups (broad SMARTS) is 1. The average Bonchev–Trinajstić information content (AvgIpc) is 2.76. The van der Waals surface area contributed by atoms with Crippen molar-refractivity contribution in [1.82, 2.24) is 14.5 Å². The number of nitrogens with zero attached hydrogens (tertiary/aromatic N) is 2. The van der Waals surface area contributed by atoms with E-state index in [2.05, 4.69) is 0 Å². The van der Waals surface area contributed by atoms with E-state index in [1.54, 1.807) is 0 Å². The smallest absolute Gasteiger partial charge is 0.416 e. The van der Waals surface area contributed by atoms with E-state index in [4.69, 9.17) is 5.11 Å². The molecule has 2 aromatic rings. The number of alkyl halides is 3. The Morgan fingerprint density at radius 2 is 1.67 bits per heavy atom. The Hall–Kier alpha value is -3.57. The molecule has 33 heavy (non-hydrogen) atoms. The summed E-state index contributed by atoms with van der Waals surface area (Å²) >= 11 is 0. The number of carbonyl (C=O) groups excluding carboxylic acids is 1. The predicted molar refractivity (Wildman–Crippen MR) is 109 cm³/mol. The molecule has 0 spiro atoms. The molecular weight excluding hydrogens is 447 g/mol. The van der Waals surface area contributed by atoms with Gasteiger partial charge in [-0.2, -0.15) is 13.2 Å². The third-order valence-corrected chi connectivity index (χ3v) is 5.54. The van der Waals surface area contributed by atoms with Crippen molar-refractivity contribution < 1.29 is 33.0 Å². The van der Waals surface area contributed by atoms with Crippen molar-refractivity contribution in [2.75, 3.05) is 6.54 Å². The minimum Gasteiger partial charge on any atom is -0.494 e. The fourth-order valence-corrected chi connectivity index (χ4v) is 3.89. The zero-order valence-corrected chi connectivity index (χ0v) is 17.4. The largest absolute Gasteiger partial charge is 0.494 e. The van der Waals surface area contributed by atoms with Gasteiger partial charge < -0.3 is 15.5 Å². The minimum absolute atomic E-state index is 0.214. The van der Waals surface area contributed by atoms with E-state index in [0.29, 0.717) is 12.8 Å². The molecule has 0 bridgehead atoms. The van der Waals surface area contributed by atoms with E-state index in [1.807, 2.05) is 5.32 Å². The monoisotopic (exact) mass is 469 g/mol. The lowest BCUT2D eigenvalue weighted by Gasteiger charge is -2.25. The number of aromatic hydroxyl groups is 1. The van der Waals surface area contributed by atoms with E-state index in [9.17, 15) is 37.5 Å². The van der Waals surface area contributed by atoms with Gasteiger partial charge in [-0.1, -0.05) is 31.4 Å². The van der Waals surface area contributed by atoms with Gasteiger partial charge in [0.05, 0.1) is 12.1 Å². The number of amides is 1. The van der Waals surface area contributed by atoms with Crippen LogP contribution in [0.2, 0.25) is 0 Å². The molecule has 1 aliphatic rings.